The third kappa shape index (κ3) is 6.81. The highest BCUT2D eigenvalue weighted by Gasteiger charge is 2.29. The van der Waals surface area contributed by atoms with E-state index in [1.807, 2.05) is 0 Å². The number of nitrogens with zero attached hydrogens (tertiary/aromatic N) is 1. The first-order valence-electron chi connectivity index (χ1n) is 11.2. The molecule has 35 heavy (non-hydrogen) atoms. The summed E-state index contributed by atoms with van der Waals surface area (Å²) in [4.78, 5) is 28.2. The van der Waals surface area contributed by atoms with Gasteiger partial charge in [0.1, 0.15) is 11.6 Å². The Morgan fingerprint density at radius 3 is 2.60 bits per heavy atom. The predicted molar refractivity (Wildman–Crippen MR) is 125 cm³/mol. The maximum atomic E-state index is 14.6. The highest BCUT2D eigenvalue weighted by atomic mass is 19.3. The van der Waals surface area contributed by atoms with Gasteiger partial charge in [0, 0.05) is 48.8 Å². The normalized spacial score (nSPS) is 13.3. The summed E-state index contributed by atoms with van der Waals surface area (Å²) in [5.74, 6) is -3.56. The molecule has 1 saturated carbocycles. The Labute approximate surface area is 200 Å². The second-order valence-corrected chi connectivity index (χ2v) is 8.52. The smallest absolute Gasteiger partial charge is 0.270 e. The third-order valence-electron chi connectivity index (χ3n) is 5.45. The van der Waals surface area contributed by atoms with E-state index in [4.69, 9.17) is 4.74 Å². The zero-order valence-corrected chi connectivity index (χ0v) is 19.0. The molecule has 9 heteroatoms. The van der Waals surface area contributed by atoms with Crippen LogP contribution in [0, 0.1) is 11.7 Å². The second-order valence-electron chi connectivity index (χ2n) is 8.52. The van der Waals surface area contributed by atoms with Crippen molar-refractivity contribution in [1.29, 1.82) is 0 Å². The molecule has 1 fully saturated rings. The van der Waals surface area contributed by atoms with Gasteiger partial charge in [-0.2, -0.15) is 0 Å². The first-order chi connectivity index (χ1) is 16.7. The summed E-state index contributed by atoms with van der Waals surface area (Å²) in [5.41, 5.74) is 0.736. The van der Waals surface area contributed by atoms with Gasteiger partial charge in [0.25, 0.3) is 5.92 Å². The van der Waals surface area contributed by atoms with E-state index < -0.39 is 11.7 Å². The minimum atomic E-state index is -2.96. The molecule has 2 aromatic carbocycles. The van der Waals surface area contributed by atoms with Gasteiger partial charge in [-0.1, -0.05) is 18.2 Å². The summed E-state index contributed by atoms with van der Waals surface area (Å²) in [5, 5.41) is 5.30. The minimum absolute atomic E-state index is 0.0211. The Morgan fingerprint density at radius 2 is 1.89 bits per heavy atom. The van der Waals surface area contributed by atoms with Crippen molar-refractivity contribution in [2.45, 2.75) is 38.5 Å². The molecular weight excluding hydrogens is 459 g/mol. The van der Waals surface area contributed by atoms with Crippen LogP contribution in [0.4, 0.5) is 24.7 Å². The predicted octanol–water partition coefficient (Wildman–Crippen LogP) is 6.04. The van der Waals surface area contributed by atoms with Crippen molar-refractivity contribution in [3.05, 3.63) is 77.7 Å². The lowest BCUT2D eigenvalue weighted by atomic mass is 10.0. The maximum absolute atomic E-state index is 14.6. The Morgan fingerprint density at radius 1 is 1.09 bits per heavy atom. The van der Waals surface area contributed by atoms with Crippen molar-refractivity contribution >= 4 is 23.3 Å². The summed E-state index contributed by atoms with van der Waals surface area (Å²) in [7, 11) is 0. The summed E-state index contributed by atoms with van der Waals surface area (Å²) in [6.45, 7) is 0.821. The van der Waals surface area contributed by atoms with Gasteiger partial charge in [0.15, 0.2) is 11.6 Å². The molecule has 0 aliphatic heterocycles. The quantitative estimate of drug-likeness (QED) is 0.389. The van der Waals surface area contributed by atoms with Gasteiger partial charge in [0.05, 0.1) is 0 Å². The van der Waals surface area contributed by atoms with Crippen LogP contribution in [-0.4, -0.2) is 16.8 Å². The number of hydrogen-bond acceptors (Lipinski definition) is 4. The van der Waals surface area contributed by atoms with E-state index in [9.17, 15) is 22.8 Å². The van der Waals surface area contributed by atoms with Crippen LogP contribution in [0.3, 0.4) is 0 Å². The SMILES string of the molecule is CC(F)(F)c1cccc(CCC(=O)Nc2ccc(Oc3ccnc(NC(=O)C4CC4)c3)c(F)c2)c1. The van der Waals surface area contributed by atoms with Gasteiger partial charge in [-0.15, -0.1) is 0 Å². The molecule has 0 atom stereocenters. The molecule has 0 radical (unpaired) electrons. The van der Waals surface area contributed by atoms with E-state index >= 15 is 0 Å². The van der Waals surface area contributed by atoms with E-state index in [-0.39, 0.29) is 47.6 Å². The van der Waals surface area contributed by atoms with Gasteiger partial charge >= 0.3 is 0 Å². The number of amides is 2. The Bertz CT molecular complexity index is 1240. The molecule has 2 N–H and O–H groups in total. The minimum Gasteiger partial charge on any atom is -0.454 e. The molecule has 0 unspecified atom stereocenters. The standard InChI is InChI=1S/C26H24F3N3O3/c1-26(28,29)18-4-2-3-16(13-18)5-10-24(33)31-19-8-9-22(21(27)14-19)35-20-11-12-30-23(15-20)32-25(34)17-6-7-17/h2-4,8-9,11-15,17H,5-7,10H2,1H3,(H,31,33)(H,30,32,34). The Hall–Kier alpha value is -3.88. The summed E-state index contributed by atoms with van der Waals surface area (Å²) in [6, 6.07) is 12.9. The number of anilines is 2. The number of rotatable bonds is 9. The van der Waals surface area contributed by atoms with Crippen LogP contribution in [0.5, 0.6) is 11.5 Å². The van der Waals surface area contributed by atoms with Crippen LogP contribution in [0.1, 0.15) is 37.3 Å². The van der Waals surface area contributed by atoms with Crippen LogP contribution in [0.2, 0.25) is 0 Å². The van der Waals surface area contributed by atoms with Crippen molar-refractivity contribution < 1.29 is 27.5 Å². The number of carbonyl (C=O) groups is 2. The molecule has 1 aromatic heterocycles. The Kier molecular flexibility index (Phi) is 7.04. The number of halogens is 3. The average Bonchev–Trinajstić information content (AvgIpc) is 3.65. The van der Waals surface area contributed by atoms with Gasteiger partial charge in [-0.25, -0.2) is 18.2 Å². The van der Waals surface area contributed by atoms with Crippen LogP contribution in [-0.2, 0) is 21.9 Å². The molecule has 2 amide bonds. The number of alkyl halides is 2. The van der Waals surface area contributed by atoms with E-state index in [2.05, 4.69) is 15.6 Å². The number of benzene rings is 2. The lowest BCUT2D eigenvalue weighted by Crippen LogP contribution is -2.14. The molecule has 0 spiro atoms. The average molecular weight is 483 g/mol. The molecule has 1 aliphatic rings. The van der Waals surface area contributed by atoms with Crippen LogP contribution >= 0.6 is 0 Å². The molecule has 0 saturated heterocycles. The van der Waals surface area contributed by atoms with E-state index in [0.29, 0.717) is 17.1 Å². The van der Waals surface area contributed by atoms with E-state index in [1.165, 1.54) is 48.7 Å². The fraction of sp³-hybridized carbons (Fsp3) is 0.269. The first kappa shape index (κ1) is 24.3. The molecule has 182 valence electrons. The number of aryl methyl sites for hydroxylation is 1. The number of pyridine rings is 1. The number of ether oxygens (including phenoxy) is 1. The fourth-order valence-corrected chi connectivity index (χ4v) is 3.39. The molecule has 4 rings (SSSR count). The van der Waals surface area contributed by atoms with Crippen LogP contribution in [0.25, 0.3) is 0 Å². The monoisotopic (exact) mass is 483 g/mol. The zero-order chi connectivity index (χ0) is 25.0. The van der Waals surface area contributed by atoms with Crippen molar-refractivity contribution in [3.8, 4) is 11.5 Å². The fourth-order valence-electron chi connectivity index (χ4n) is 3.39. The van der Waals surface area contributed by atoms with Crippen molar-refractivity contribution in [2.24, 2.45) is 5.92 Å². The lowest BCUT2D eigenvalue weighted by Gasteiger charge is -2.12. The molecule has 0 bridgehead atoms. The van der Waals surface area contributed by atoms with E-state index in [1.54, 1.807) is 6.07 Å². The van der Waals surface area contributed by atoms with Crippen LogP contribution in [0.15, 0.2) is 60.8 Å². The van der Waals surface area contributed by atoms with Gasteiger partial charge in [-0.05, 0) is 49.1 Å². The summed E-state index contributed by atoms with van der Waals surface area (Å²) >= 11 is 0. The van der Waals surface area contributed by atoms with Crippen LogP contribution < -0.4 is 15.4 Å². The van der Waals surface area contributed by atoms with Gasteiger partial charge in [-0.3, -0.25) is 9.59 Å². The molecule has 6 nitrogen and oxygen atoms in total. The first-order valence-corrected chi connectivity index (χ1v) is 11.2. The highest BCUT2D eigenvalue weighted by molar-refractivity contribution is 5.93. The second kappa shape index (κ2) is 10.2. The molecule has 1 aliphatic carbocycles. The van der Waals surface area contributed by atoms with Crippen molar-refractivity contribution in [3.63, 3.8) is 0 Å². The summed E-state index contributed by atoms with van der Waals surface area (Å²) in [6.07, 6.45) is 3.48. The summed E-state index contributed by atoms with van der Waals surface area (Å²) < 4.78 is 47.1. The number of carbonyl (C=O) groups excluding carboxylic acids is 2. The Balaban J connectivity index is 1.33. The van der Waals surface area contributed by atoms with E-state index in [0.717, 1.165) is 25.8 Å². The van der Waals surface area contributed by atoms with Crippen molar-refractivity contribution in [1.82, 2.24) is 4.98 Å². The number of aromatic nitrogens is 1. The number of hydrogen-bond donors (Lipinski definition) is 2. The zero-order valence-electron chi connectivity index (χ0n) is 19.0. The molecule has 1 heterocycles. The van der Waals surface area contributed by atoms with Gasteiger partial charge < -0.3 is 15.4 Å². The molecular formula is C26H24F3N3O3. The number of nitrogens with one attached hydrogen (secondary N) is 2. The third-order valence-corrected chi connectivity index (χ3v) is 5.45. The molecule has 3 aromatic rings. The lowest BCUT2D eigenvalue weighted by molar-refractivity contribution is -0.117. The largest absolute Gasteiger partial charge is 0.454 e. The topological polar surface area (TPSA) is 80.3 Å². The highest BCUT2D eigenvalue weighted by Crippen LogP contribution is 2.31. The van der Waals surface area contributed by atoms with Crippen molar-refractivity contribution in [2.75, 3.05) is 10.6 Å². The van der Waals surface area contributed by atoms with Gasteiger partial charge in [0.2, 0.25) is 11.8 Å². The maximum Gasteiger partial charge on any atom is 0.270 e.